The first-order valence-corrected chi connectivity index (χ1v) is 14.9. The number of methoxy groups -OCH3 is 2. The molecule has 220 valence electrons. The van der Waals surface area contributed by atoms with E-state index in [0.717, 1.165) is 16.6 Å². The summed E-state index contributed by atoms with van der Waals surface area (Å²) in [6.07, 6.45) is 5.59. The van der Waals surface area contributed by atoms with Crippen molar-refractivity contribution < 1.29 is 23.9 Å². The fourth-order valence-electron chi connectivity index (χ4n) is 7.86. The second-order valence-electron chi connectivity index (χ2n) is 11.6. The van der Waals surface area contributed by atoms with Crippen LogP contribution in [-0.2, 0) is 0 Å². The number of fused-ring (bicyclic) bond motifs is 7. The van der Waals surface area contributed by atoms with Gasteiger partial charge in [0.1, 0.15) is 11.5 Å². The van der Waals surface area contributed by atoms with Gasteiger partial charge in [-0.05, 0) is 17.7 Å². The summed E-state index contributed by atoms with van der Waals surface area (Å²) >= 11 is 0. The molecular weight excluding hydrogens is 564 g/mol. The normalized spacial score (nSPS) is 20.7. The molecule has 0 amide bonds. The molecule has 5 aromatic rings. The molecule has 0 radical (unpaired) electrons. The number of pyridine rings is 1. The van der Waals surface area contributed by atoms with E-state index in [1.807, 2.05) is 71.6 Å². The van der Waals surface area contributed by atoms with Crippen LogP contribution in [0.1, 0.15) is 48.1 Å². The summed E-state index contributed by atoms with van der Waals surface area (Å²) in [5, 5.41) is 0.889. The number of ether oxygens (including phenoxy) is 2. The van der Waals surface area contributed by atoms with Gasteiger partial charge in [-0.3, -0.25) is 19.4 Å². The van der Waals surface area contributed by atoms with Gasteiger partial charge in [0.2, 0.25) is 0 Å². The van der Waals surface area contributed by atoms with Gasteiger partial charge < -0.3 is 14.4 Å². The number of hydrogen-bond acceptors (Lipinski definition) is 7. The highest BCUT2D eigenvalue weighted by molar-refractivity contribution is 6.32. The molecule has 45 heavy (non-hydrogen) atoms. The van der Waals surface area contributed by atoms with E-state index in [2.05, 4.69) is 0 Å². The summed E-state index contributed by atoms with van der Waals surface area (Å²) < 4.78 is 11.6. The average molecular weight is 593 g/mol. The number of para-hydroxylation sites is 1. The highest BCUT2D eigenvalue weighted by Crippen LogP contribution is 2.63. The molecule has 0 bridgehead atoms. The third-order valence-electron chi connectivity index (χ3n) is 9.63. The molecule has 2 aliphatic heterocycles. The van der Waals surface area contributed by atoms with Crippen LogP contribution in [0.15, 0.2) is 109 Å². The number of Topliss-reactive ketones (excluding diaryl/α,β-unsaturated/α-hetero) is 3. The van der Waals surface area contributed by atoms with E-state index >= 15 is 14.4 Å². The SMILES string of the molecule is COc1cccc([C@@H]2[C@@H](C(=O)c3ccccc3)N3c4c(ccc5cccnc45)C=C[C@@H]3C23C(=O)c2ccccc2C3=O)c1OC. The molecular formula is C38H28N2O5. The van der Waals surface area contributed by atoms with Crippen LogP contribution in [-0.4, -0.2) is 48.6 Å². The number of aromatic nitrogens is 1. The van der Waals surface area contributed by atoms with Crippen molar-refractivity contribution in [1.29, 1.82) is 0 Å². The summed E-state index contributed by atoms with van der Waals surface area (Å²) in [6.45, 7) is 0. The molecule has 4 aromatic carbocycles. The van der Waals surface area contributed by atoms with E-state index < -0.39 is 23.4 Å². The number of hydrogen-bond donors (Lipinski definition) is 0. The van der Waals surface area contributed by atoms with E-state index in [9.17, 15) is 0 Å². The van der Waals surface area contributed by atoms with Crippen LogP contribution in [0.4, 0.5) is 5.69 Å². The zero-order valence-electron chi connectivity index (χ0n) is 24.6. The highest BCUT2D eigenvalue weighted by atomic mass is 16.5. The van der Waals surface area contributed by atoms with Crippen molar-refractivity contribution >= 4 is 40.0 Å². The summed E-state index contributed by atoms with van der Waals surface area (Å²) in [5.41, 5.74) is 2.34. The van der Waals surface area contributed by atoms with Crippen molar-refractivity contribution in [2.45, 2.75) is 18.0 Å². The predicted molar refractivity (Wildman–Crippen MR) is 171 cm³/mol. The number of carbonyl (C=O) groups is 3. The maximum Gasteiger partial charge on any atom is 0.185 e. The zero-order chi connectivity index (χ0) is 30.9. The van der Waals surface area contributed by atoms with Gasteiger partial charge >= 0.3 is 0 Å². The van der Waals surface area contributed by atoms with Crippen LogP contribution >= 0.6 is 0 Å². The first-order chi connectivity index (χ1) is 22.0. The Balaban J connectivity index is 1.51. The molecule has 8 rings (SSSR count). The van der Waals surface area contributed by atoms with Crippen molar-refractivity contribution in [3.63, 3.8) is 0 Å². The van der Waals surface area contributed by atoms with Crippen LogP contribution in [0.25, 0.3) is 17.0 Å². The smallest absolute Gasteiger partial charge is 0.185 e. The molecule has 0 saturated carbocycles. The minimum Gasteiger partial charge on any atom is -0.493 e. The molecule has 1 aromatic heterocycles. The topological polar surface area (TPSA) is 85.8 Å². The van der Waals surface area contributed by atoms with Crippen molar-refractivity contribution in [3.8, 4) is 11.5 Å². The fraction of sp³-hybridized carbons (Fsp3) is 0.158. The van der Waals surface area contributed by atoms with Gasteiger partial charge in [-0.25, -0.2) is 0 Å². The largest absolute Gasteiger partial charge is 0.493 e. The van der Waals surface area contributed by atoms with Crippen LogP contribution in [0.2, 0.25) is 0 Å². The van der Waals surface area contributed by atoms with Crippen LogP contribution < -0.4 is 14.4 Å². The van der Waals surface area contributed by atoms with Gasteiger partial charge in [-0.1, -0.05) is 97.1 Å². The minimum atomic E-state index is -1.68. The summed E-state index contributed by atoms with van der Waals surface area (Å²) in [5.74, 6) is -0.943. The molecule has 7 heteroatoms. The first kappa shape index (κ1) is 27.0. The Morgan fingerprint density at radius 2 is 1.53 bits per heavy atom. The minimum absolute atomic E-state index is 0.210. The number of carbonyl (C=O) groups excluding carboxylic acids is 3. The van der Waals surface area contributed by atoms with Gasteiger partial charge in [-0.15, -0.1) is 0 Å². The molecule has 0 N–H and O–H groups in total. The van der Waals surface area contributed by atoms with Gasteiger partial charge in [0.05, 0.1) is 31.5 Å². The molecule has 3 heterocycles. The molecule has 1 spiro atoms. The molecule has 0 unspecified atom stereocenters. The maximum absolute atomic E-state index is 15.0. The van der Waals surface area contributed by atoms with Gasteiger partial charge in [0.25, 0.3) is 0 Å². The van der Waals surface area contributed by atoms with E-state index in [1.165, 1.54) is 7.11 Å². The fourth-order valence-corrected chi connectivity index (χ4v) is 7.86. The Bertz CT molecular complexity index is 2050. The van der Waals surface area contributed by atoms with Gasteiger partial charge in [0.15, 0.2) is 28.8 Å². The lowest BCUT2D eigenvalue weighted by Gasteiger charge is -2.37. The third-order valence-corrected chi connectivity index (χ3v) is 9.63. The number of nitrogens with zero attached hydrogens (tertiary/aromatic N) is 2. The second-order valence-corrected chi connectivity index (χ2v) is 11.6. The Labute approximate surface area is 259 Å². The quantitative estimate of drug-likeness (QED) is 0.169. The standard InChI is InChI=1S/C38H28N2O5/c1-44-28-16-8-15-27(35(28)45-2)30-33(34(41)24-10-4-3-5-11-24)40-29(38(30)36(42)25-13-6-7-14-26(25)37(38)43)20-19-23-18-17-22-12-9-21-39-31(22)32(23)40/h3-21,29-30,33H,1-2H3/t29-,30-,33+/m1/s1. The van der Waals surface area contributed by atoms with Crippen molar-refractivity contribution in [1.82, 2.24) is 4.98 Å². The first-order valence-electron chi connectivity index (χ1n) is 14.9. The monoisotopic (exact) mass is 592 g/mol. The Morgan fingerprint density at radius 1 is 0.800 bits per heavy atom. The van der Waals surface area contributed by atoms with Gasteiger partial charge in [0, 0.05) is 39.8 Å². The lowest BCUT2D eigenvalue weighted by atomic mass is 9.64. The zero-order valence-corrected chi connectivity index (χ0v) is 24.6. The van der Waals surface area contributed by atoms with E-state index in [1.54, 1.807) is 55.8 Å². The average Bonchev–Trinajstić information content (AvgIpc) is 3.53. The van der Waals surface area contributed by atoms with Crippen molar-refractivity contribution in [3.05, 3.63) is 137 Å². The molecule has 1 aliphatic carbocycles. The predicted octanol–water partition coefficient (Wildman–Crippen LogP) is 6.57. The number of ketones is 3. The molecule has 3 atom stereocenters. The Morgan fingerprint density at radius 3 is 2.24 bits per heavy atom. The van der Waals surface area contributed by atoms with Crippen molar-refractivity contribution in [2.75, 3.05) is 19.1 Å². The number of rotatable bonds is 5. The molecule has 1 saturated heterocycles. The Kier molecular flexibility index (Phi) is 6.00. The van der Waals surface area contributed by atoms with Gasteiger partial charge in [-0.2, -0.15) is 0 Å². The number of benzene rings is 4. The summed E-state index contributed by atoms with van der Waals surface area (Å²) in [6, 6.07) is 27.5. The van der Waals surface area contributed by atoms with Crippen LogP contribution in [0.3, 0.4) is 0 Å². The lowest BCUT2D eigenvalue weighted by molar-refractivity contribution is 0.0664. The van der Waals surface area contributed by atoms with Crippen LogP contribution in [0, 0.1) is 5.41 Å². The maximum atomic E-state index is 15.0. The molecule has 3 aliphatic rings. The van der Waals surface area contributed by atoms with E-state index in [0.29, 0.717) is 39.3 Å². The number of anilines is 1. The second kappa shape index (κ2) is 9.99. The van der Waals surface area contributed by atoms with E-state index in [-0.39, 0.29) is 17.3 Å². The van der Waals surface area contributed by atoms with E-state index in [4.69, 9.17) is 14.5 Å². The lowest BCUT2D eigenvalue weighted by Crippen LogP contribution is -2.48. The molecule has 1 fully saturated rings. The molecule has 7 nitrogen and oxygen atoms in total. The van der Waals surface area contributed by atoms with Crippen molar-refractivity contribution in [2.24, 2.45) is 5.41 Å². The summed E-state index contributed by atoms with van der Waals surface area (Å²) in [7, 11) is 3.07. The summed E-state index contributed by atoms with van der Waals surface area (Å²) in [4.78, 5) is 51.8. The Hall–Kier alpha value is -5.56. The third kappa shape index (κ3) is 3.52. The van der Waals surface area contributed by atoms with Crippen LogP contribution in [0.5, 0.6) is 11.5 Å². The highest BCUT2D eigenvalue weighted by Gasteiger charge is 2.72.